The Balaban J connectivity index is 1.43. The fourth-order valence-electron chi connectivity index (χ4n) is 5.15. The standard InChI is InChI=1S/C37H37Cl3N2O7/c38-37(39,40)35(41)49-34-33(46-24-28-17-9-3-10-18-28)32(45-23-27-15-7-2-8-16-27)31(44-22-26-13-5-1-6-14-26)30(48-34)21-42-36(43)47-25-29-19-11-4-12-20-29/h1-20,30-34,41H,21-25H2,(H,42,43)/t30-,31-,32+,33-,34-/m1/s1. The maximum atomic E-state index is 12.8. The Bertz CT molecular complexity index is 1580. The minimum Gasteiger partial charge on any atom is -0.445 e. The molecule has 5 atom stereocenters. The number of alkyl halides is 3. The molecule has 0 unspecified atom stereocenters. The van der Waals surface area contributed by atoms with Crippen LogP contribution in [0, 0.1) is 5.41 Å². The van der Waals surface area contributed by atoms with Crippen molar-refractivity contribution in [2.24, 2.45) is 0 Å². The quantitative estimate of drug-likeness (QED) is 0.0777. The summed E-state index contributed by atoms with van der Waals surface area (Å²) in [5.41, 5.74) is 3.54. The maximum absolute atomic E-state index is 12.8. The second kappa shape index (κ2) is 18.4. The van der Waals surface area contributed by atoms with Crippen molar-refractivity contribution >= 4 is 46.8 Å². The number of hydrogen-bond acceptors (Lipinski definition) is 8. The predicted molar refractivity (Wildman–Crippen MR) is 187 cm³/mol. The first-order valence-electron chi connectivity index (χ1n) is 15.7. The van der Waals surface area contributed by atoms with Gasteiger partial charge in [0.05, 0.1) is 19.8 Å². The van der Waals surface area contributed by atoms with E-state index in [1.165, 1.54) is 0 Å². The highest BCUT2D eigenvalue weighted by molar-refractivity contribution is 6.76. The Labute approximate surface area is 300 Å². The number of benzene rings is 4. The number of rotatable bonds is 14. The average Bonchev–Trinajstić information content (AvgIpc) is 3.12. The second-order valence-electron chi connectivity index (χ2n) is 11.2. The summed E-state index contributed by atoms with van der Waals surface area (Å²) < 4.78 is 35.1. The zero-order valence-electron chi connectivity index (χ0n) is 26.5. The molecule has 1 aliphatic heterocycles. The highest BCUT2D eigenvalue weighted by atomic mass is 35.6. The molecule has 5 rings (SSSR count). The van der Waals surface area contributed by atoms with E-state index in [9.17, 15) is 4.79 Å². The Morgan fingerprint density at radius 2 is 1.04 bits per heavy atom. The minimum absolute atomic E-state index is 0.0648. The molecule has 4 aromatic rings. The van der Waals surface area contributed by atoms with Gasteiger partial charge in [0.2, 0.25) is 12.2 Å². The molecule has 0 bridgehead atoms. The van der Waals surface area contributed by atoms with Crippen LogP contribution in [0.4, 0.5) is 4.79 Å². The predicted octanol–water partition coefficient (Wildman–Crippen LogP) is 7.76. The molecule has 258 valence electrons. The molecule has 12 heteroatoms. The van der Waals surface area contributed by atoms with E-state index in [0.29, 0.717) is 0 Å². The summed E-state index contributed by atoms with van der Waals surface area (Å²) in [4.78, 5) is 12.8. The van der Waals surface area contributed by atoms with E-state index in [2.05, 4.69) is 5.32 Å². The first-order valence-corrected chi connectivity index (χ1v) is 16.8. The molecule has 2 N–H and O–H groups in total. The van der Waals surface area contributed by atoms with Crippen LogP contribution in [0.2, 0.25) is 0 Å². The minimum atomic E-state index is -2.18. The first kappa shape index (κ1) is 36.6. The van der Waals surface area contributed by atoms with Crippen LogP contribution < -0.4 is 5.32 Å². The monoisotopic (exact) mass is 726 g/mol. The molecular formula is C37H37Cl3N2O7. The van der Waals surface area contributed by atoms with Crippen LogP contribution in [0.5, 0.6) is 0 Å². The van der Waals surface area contributed by atoms with Gasteiger partial charge in [-0.3, -0.25) is 5.41 Å². The van der Waals surface area contributed by atoms with E-state index >= 15 is 0 Å². The SMILES string of the molecule is N=C(O[C@H]1O[C@H](CNC(=O)OCc2ccccc2)[C@@H](OCc2ccccc2)[C@H](OCc2ccccc2)[C@H]1OCc1ccccc1)C(Cl)(Cl)Cl. The van der Waals surface area contributed by atoms with Crippen LogP contribution in [-0.4, -0.2) is 53.0 Å². The molecule has 4 aromatic carbocycles. The number of hydrogen-bond donors (Lipinski definition) is 2. The molecule has 0 saturated carbocycles. The molecule has 49 heavy (non-hydrogen) atoms. The van der Waals surface area contributed by atoms with Gasteiger partial charge in [0.1, 0.15) is 31.0 Å². The lowest BCUT2D eigenvalue weighted by molar-refractivity contribution is -0.306. The molecular weight excluding hydrogens is 691 g/mol. The van der Waals surface area contributed by atoms with Crippen molar-refractivity contribution in [2.45, 2.75) is 60.9 Å². The van der Waals surface area contributed by atoms with E-state index in [1.807, 2.05) is 121 Å². The summed E-state index contributed by atoms with van der Waals surface area (Å²) in [5.74, 6) is -0.671. The van der Waals surface area contributed by atoms with E-state index in [4.69, 9.17) is 68.6 Å². The molecule has 9 nitrogen and oxygen atoms in total. The van der Waals surface area contributed by atoms with Crippen molar-refractivity contribution in [2.75, 3.05) is 6.54 Å². The highest BCUT2D eigenvalue weighted by Crippen LogP contribution is 2.34. The van der Waals surface area contributed by atoms with Crippen molar-refractivity contribution in [3.63, 3.8) is 0 Å². The van der Waals surface area contributed by atoms with E-state index in [0.717, 1.165) is 22.3 Å². The fourth-order valence-corrected chi connectivity index (χ4v) is 5.28. The third kappa shape index (κ3) is 11.4. The summed E-state index contributed by atoms with van der Waals surface area (Å²) in [5, 5.41) is 11.1. The van der Waals surface area contributed by atoms with Crippen LogP contribution in [0.25, 0.3) is 0 Å². The van der Waals surface area contributed by atoms with Crippen LogP contribution in [-0.2, 0) is 54.8 Å². The van der Waals surface area contributed by atoms with Gasteiger partial charge in [0.25, 0.3) is 3.79 Å². The normalized spacial score (nSPS) is 20.7. The molecule has 0 spiro atoms. The van der Waals surface area contributed by atoms with Crippen molar-refractivity contribution in [1.82, 2.24) is 5.32 Å². The third-order valence-corrected chi connectivity index (χ3v) is 8.11. The zero-order valence-corrected chi connectivity index (χ0v) is 28.7. The van der Waals surface area contributed by atoms with Crippen molar-refractivity contribution in [1.29, 1.82) is 5.41 Å². The summed E-state index contributed by atoms with van der Waals surface area (Å²) in [6.45, 7) is 0.563. The highest BCUT2D eigenvalue weighted by Gasteiger charge is 2.51. The number of alkyl carbamates (subject to hydrolysis) is 1. The van der Waals surface area contributed by atoms with Gasteiger partial charge in [-0.2, -0.15) is 0 Å². The number of carbonyl (C=O) groups is 1. The van der Waals surface area contributed by atoms with E-state index in [1.54, 1.807) is 0 Å². The summed E-state index contributed by atoms with van der Waals surface area (Å²) in [6, 6.07) is 38.1. The van der Waals surface area contributed by atoms with Crippen LogP contribution in [0.3, 0.4) is 0 Å². The average molecular weight is 728 g/mol. The third-order valence-electron chi connectivity index (χ3n) is 7.60. The molecule has 1 aliphatic rings. The van der Waals surface area contributed by atoms with Crippen molar-refractivity contribution in [3.05, 3.63) is 144 Å². The molecule has 1 amide bonds. The number of amides is 1. The second-order valence-corrected chi connectivity index (χ2v) is 13.5. The topological polar surface area (TPSA) is 108 Å². The Hall–Kier alpha value is -3.67. The molecule has 1 heterocycles. The number of ether oxygens (including phenoxy) is 6. The first-order chi connectivity index (χ1) is 23.8. The van der Waals surface area contributed by atoms with E-state index in [-0.39, 0.29) is 33.0 Å². The maximum Gasteiger partial charge on any atom is 0.407 e. The van der Waals surface area contributed by atoms with Gasteiger partial charge in [-0.05, 0) is 22.3 Å². The molecule has 1 fully saturated rings. The number of nitrogens with one attached hydrogen (secondary N) is 2. The lowest BCUT2D eigenvalue weighted by atomic mass is 9.97. The van der Waals surface area contributed by atoms with Gasteiger partial charge in [-0.25, -0.2) is 4.79 Å². The van der Waals surface area contributed by atoms with E-state index < -0.39 is 46.5 Å². The van der Waals surface area contributed by atoms with Gasteiger partial charge in [0, 0.05) is 6.54 Å². The Morgan fingerprint density at radius 1 is 0.633 bits per heavy atom. The van der Waals surface area contributed by atoms with Crippen LogP contribution >= 0.6 is 34.8 Å². The lowest BCUT2D eigenvalue weighted by Gasteiger charge is -2.46. The Kier molecular flexibility index (Phi) is 13.7. The molecule has 0 aromatic heterocycles. The lowest BCUT2D eigenvalue weighted by Crippen LogP contribution is -2.63. The van der Waals surface area contributed by atoms with Crippen molar-refractivity contribution in [3.8, 4) is 0 Å². The van der Waals surface area contributed by atoms with Gasteiger partial charge >= 0.3 is 6.09 Å². The zero-order chi connectivity index (χ0) is 34.5. The summed E-state index contributed by atoms with van der Waals surface area (Å²) in [7, 11) is 0. The fraction of sp³-hybridized carbons (Fsp3) is 0.297. The molecule has 0 radical (unpaired) electrons. The van der Waals surface area contributed by atoms with Gasteiger partial charge in [0.15, 0.2) is 0 Å². The van der Waals surface area contributed by atoms with Crippen molar-refractivity contribution < 1.29 is 33.2 Å². The van der Waals surface area contributed by atoms with Gasteiger partial charge < -0.3 is 33.7 Å². The summed E-state index contributed by atoms with van der Waals surface area (Å²) in [6.07, 6.45) is -5.46. The summed E-state index contributed by atoms with van der Waals surface area (Å²) >= 11 is 18.1. The largest absolute Gasteiger partial charge is 0.445 e. The van der Waals surface area contributed by atoms with Gasteiger partial charge in [-0.15, -0.1) is 0 Å². The number of carbonyl (C=O) groups excluding carboxylic acids is 1. The molecule has 1 saturated heterocycles. The van der Waals surface area contributed by atoms with Crippen LogP contribution in [0.15, 0.2) is 121 Å². The Morgan fingerprint density at radius 3 is 1.49 bits per heavy atom. The number of halogens is 3. The van der Waals surface area contributed by atoms with Gasteiger partial charge in [-0.1, -0.05) is 156 Å². The smallest absolute Gasteiger partial charge is 0.407 e. The van der Waals surface area contributed by atoms with Crippen LogP contribution in [0.1, 0.15) is 22.3 Å². The molecule has 0 aliphatic carbocycles.